The topological polar surface area (TPSA) is 89.2 Å². The maximum atomic E-state index is 11.2. The van der Waals surface area contributed by atoms with Gasteiger partial charge in [0.2, 0.25) is 0 Å². The van der Waals surface area contributed by atoms with Crippen LogP contribution < -0.4 is 4.90 Å². The molecule has 31 heavy (non-hydrogen) atoms. The molecular weight excluding hydrogens is 392 g/mol. The van der Waals surface area contributed by atoms with E-state index in [0.717, 1.165) is 21.9 Å². The van der Waals surface area contributed by atoms with Crippen LogP contribution in [-0.2, 0) is 12.0 Å². The maximum absolute atomic E-state index is 11.2. The molecule has 0 fully saturated rings. The molecule has 1 heterocycles. The van der Waals surface area contributed by atoms with E-state index in [4.69, 9.17) is 0 Å². The van der Waals surface area contributed by atoms with Gasteiger partial charge in [-0.1, -0.05) is 18.2 Å². The van der Waals surface area contributed by atoms with Crippen molar-refractivity contribution in [3.63, 3.8) is 0 Å². The minimum absolute atomic E-state index is 0.0415. The van der Waals surface area contributed by atoms with Gasteiger partial charge in [0, 0.05) is 29.8 Å². The SMILES string of the molecule is CC1(C)C(=CC=C2C=CC(=[OH+])C=C2)[NH+](Cc2cc([N+](=O)[O-])ccc2O)c2ccccc21. The van der Waals surface area contributed by atoms with Crippen molar-refractivity contribution in [1.82, 2.24) is 0 Å². The zero-order valence-corrected chi connectivity index (χ0v) is 17.4. The number of fused-ring (bicyclic) bond motifs is 1. The van der Waals surface area contributed by atoms with Crippen LogP contribution >= 0.6 is 0 Å². The fourth-order valence-electron chi connectivity index (χ4n) is 4.24. The predicted molar refractivity (Wildman–Crippen MR) is 120 cm³/mol. The van der Waals surface area contributed by atoms with Crippen LogP contribution in [0.25, 0.3) is 0 Å². The second-order valence-corrected chi connectivity index (χ2v) is 8.23. The summed E-state index contributed by atoms with van der Waals surface area (Å²) >= 11 is 0. The molecular formula is C25H24N2O4+2. The number of nitrogens with one attached hydrogen (secondary N) is 1. The number of aromatic hydroxyl groups is 1. The molecule has 1 aliphatic carbocycles. The van der Waals surface area contributed by atoms with E-state index in [1.165, 1.54) is 23.8 Å². The van der Waals surface area contributed by atoms with E-state index in [1.54, 1.807) is 12.2 Å². The molecule has 0 aromatic heterocycles. The Morgan fingerprint density at radius 1 is 1.10 bits per heavy atom. The van der Waals surface area contributed by atoms with Crippen molar-refractivity contribution in [3.05, 3.63) is 111 Å². The first-order chi connectivity index (χ1) is 14.8. The van der Waals surface area contributed by atoms with Gasteiger partial charge in [-0.25, -0.2) is 0 Å². The molecule has 156 valence electrons. The van der Waals surface area contributed by atoms with Gasteiger partial charge in [-0.3, -0.25) is 19.8 Å². The standard InChI is InChI=1S/C25H22N2O4/c1-25(2)21-5-3-4-6-22(21)26(16-18-15-19(27(30)31)10-13-23(18)29)24(25)14-9-17-7-11-20(28)12-8-17/h3-15,29H,16H2,1-2H3/p+2. The summed E-state index contributed by atoms with van der Waals surface area (Å²) in [5.41, 5.74) is 4.52. The van der Waals surface area contributed by atoms with Gasteiger partial charge in [0.1, 0.15) is 23.7 Å². The van der Waals surface area contributed by atoms with E-state index in [9.17, 15) is 20.0 Å². The smallest absolute Gasteiger partial charge is 0.340 e. The molecule has 2 aliphatic rings. The number of quaternary nitrogens is 1. The maximum Gasteiger partial charge on any atom is 0.340 e. The molecule has 0 amide bonds. The van der Waals surface area contributed by atoms with Crippen LogP contribution in [0.15, 0.2) is 90.2 Å². The normalized spacial score (nSPS) is 20.2. The monoisotopic (exact) mass is 416 g/mol. The van der Waals surface area contributed by atoms with Crippen molar-refractivity contribution < 1.29 is 19.7 Å². The highest BCUT2D eigenvalue weighted by molar-refractivity contribution is 6.02. The number of allylic oxidation sites excluding steroid dienone is 8. The lowest BCUT2D eigenvalue weighted by atomic mass is 9.83. The lowest BCUT2D eigenvalue weighted by molar-refractivity contribution is -0.804. The lowest BCUT2D eigenvalue weighted by Crippen LogP contribution is -3.03. The molecule has 1 unspecified atom stereocenters. The Bertz CT molecular complexity index is 1180. The number of benzene rings is 2. The minimum Gasteiger partial charge on any atom is -0.507 e. The average molecular weight is 416 g/mol. The van der Waals surface area contributed by atoms with E-state index in [1.807, 2.05) is 30.4 Å². The van der Waals surface area contributed by atoms with Gasteiger partial charge >= 0.3 is 5.78 Å². The fourth-order valence-corrected chi connectivity index (χ4v) is 4.24. The van der Waals surface area contributed by atoms with E-state index in [-0.39, 0.29) is 22.6 Å². The Kier molecular flexibility index (Phi) is 5.17. The summed E-state index contributed by atoms with van der Waals surface area (Å²) in [5.74, 6) is 0.258. The van der Waals surface area contributed by atoms with Crippen molar-refractivity contribution in [2.75, 3.05) is 0 Å². The number of rotatable bonds is 4. The van der Waals surface area contributed by atoms with Crippen LogP contribution in [-0.4, -0.2) is 20.6 Å². The van der Waals surface area contributed by atoms with Gasteiger partial charge < -0.3 is 5.11 Å². The average Bonchev–Trinajstić information content (AvgIpc) is 2.96. The fraction of sp³-hybridized carbons (Fsp3) is 0.160. The second-order valence-electron chi connectivity index (χ2n) is 8.23. The van der Waals surface area contributed by atoms with E-state index >= 15 is 0 Å². The molecule has 2 aromatic carbocycles. The Balaban J connectivity index is 1.79. The molecule has 0 bridgehead atoms. The number of phenols is 1. The number of ketones is 1. The number of para-hydroxylation sites is 1. The van der Waals surface area contributed by atoms with Crippen LogP contribution in [0.1, 0.15) is 25.0 Å². The zero-order valence-electron chi connectivity index (χ0n) is 17.4. The van der Waals surface area contributed by atoms with Crippen LogP contribution in [0.4, 0.5) is 11.4 Å². The molecule has 4 rings (SSSR count). The van der Waals surface area contributed by atoms with Crippen molar-refractivity contribution in [1.29, 1.82) is 0 Å². The van der Waals surface area contributed by atoms with E-state index in [2.05, 4.69) is 32.1 Å². The Morgan fingerprint density at radius 2 is 1.81 bits per heavy atom. The third-order valence-electron chi connectivity index (χ3n) is 5.90. The number of nitro groups is 1. The second kappa shape index (κ2) is 7.81. The molecule has 2 aromatic rings. The first kappa shape index (κ1) is 20.5. The van der Waals surface area contributed by atoms with Crippen molar-refractivity contribution in [3.8, 4) is 5.75 Å². The quantitative estimate of drug-likeness (QED) is 0.451. The molecule has 6 nitrogen and oxygen atoms in total. The largest absolute Gasteiger partial charge is 0.507 e. The summed E-state index contributed by atoms with van der Waals surface area (Å²) in [6, 6.07) is 12.3. The first-order valence-corrected chi connectivity index (χ1v) is 10.0. The molecule has 1 aliphatic heterocycles. The summed E-state index contributed by atoms with van der Waals surface area (Å²) < 4.78 is 0. The number of hydrogen-bond donors (Lipinski definition) is 2. The molecule has 3 N–H and O–H groups in total. The minimum atomic E-state index is -0.449. The summed E-state index contributed by atoms with van der Waals surface area (Å²) in [4.78, 5) is 21.3. The van der Waals surface area contributed by atoms with Gasteiger partial charge in [0.25, 0.3) is 5.69 Å². The van der Waals surface area contributed by atoms with Crippen molar-refractivity contribution in [2.45, 2.75) is 25.8 Å². The number of carbonyl (C=O) groups excluding carboxylic acids is 1. The van der Waals surface area contributed by atoms with Crippen LogP contribution in [0.2, 0.25) is 0 Å². The number of non-ortho nitro benzene ring substituents is 1. The number of phenolic OH excluding ortho intramolecular Hbond substituents is 1. The highest BCUT2D eigenvalue weighted by Gasteiger charge is 2.45. The number of nitrogens with zero attached hydrogens (tertiary/aromatic N) is 1. The third-order valence-corrected chi connectivity index (χ3v) is 5.90. The Labute approximate surface area is 180 Å². The Hall–Kier alpha value is -3.77. The first-order valence-electron chi connectivity index (χ1n) is 10.0. The van der Waals surface area contributed by atoms with Gasteiger partial charge in [-0.15, -0.1) is 0 Å². The highest BCUT2D eigenvalue weighted by atomic mass is 16.6. The van der Waals surface area contributed by atoms with E-state index < -0.39 is 4.92 Å². The van der Waals surface area contributed by atoms with Gasteiger partial charge in [0.05, 0.1) is 15.9 Å². The van der Waals surface area contributed by atoms with Crippen LogP contribution in [0, 0.1) is 10.1 Å². The van der Waals surface area contributed by atoms with Gasteiger partial charge in [-0.2, -0.15) is 0 Å². The summed E-state index contributed by atoms with van der Waals surface area (Å²) in [5, 5.41) is 21.6. The summed E-state index contributed by atoms with van der Waals surface area (Å²) in [7, 11) is 0. The molecule has 0 radical (unpaired) electrons. The summed E-state index contributed by atoms with van der Waals surface area (Å²) in [6.07, 6.45) is 11.0. The van der Waals surface area contributed by atoms with Crippen LogP contribution in [0.3, 0.4) is 0 Å². The van der Waals surface area contributed by atoms with Crippen LogP contribution in [0.5, 0.6) is 5.75 Å². The molecule has 6 heteroatoms. The Morgan fingerprint density at radius 3 is 2.52 bits per heavy atom. The molecule has 1 atom stereocenters. The summed E-state index contributed by atoms with van der Waals surface area (Å²) in [6.45, 7) is 4.69. The zero-order chi connectivity index (χ0) is 22.2. The molecule has 0 saturated heterocycles. The number of hydrogen-bond acceptors (Lipinski definition) is 3. The highest BCUT2D eigenvalue weighted by Crippen LogP contribution is 2.39. The van der Waals surface area contributed by atoms with Crippen molar-refractivity contribution >= 4 is 17.2 Å². The lowest BCUT2D eigenvalue weighted by Gasteiger charge is -2.21. The van der Waals surface area contributed by atoms with E-state index in [0.29, 0.717) is 12.1 Å². The predicted octanol–water partition coefficient (Wildman–Crippen LogP) is 3.79. The third kappa shape index (κ3) is 3.85. The van der Waals surface area contributed by atoms with Gasteiger partial charge in [-0.05, 0) is 55.9 Å². The number of nitro benzene ring substituents is 1. The molecule has 0 spiro atoms. The van der Waals surface area contributed by atoms with Crippen molar-refractivity contribution in [2.24, 2.45) is 0 Å². The van der Waals surface area contributed by atoms with Gasteiger partial charge in [0.15, 0.2) is 0 Å². The molecule has 0 saturated carbocycles.